The highest BCUT2D eigenvalue weighted by Crippen LogP contribution is 2.67. The van der Waals surface area contributed by atoms with Gasteiger partial charge in [0.2, 0.25) is 5.91 Å². The number of hydrogen-bond donors (Lipinski definition) is 2. The number of amides is 1. The maximum atomic E-state index is 13.1. The first-order valence-electron chi connectivity index (χ1n) is 20.3. The molecule has 0 heterocycles. The Morgan fingerprint density at radius 1 is 0.872 bits per heavy atom. The number of rotatable bonds is 21. The van der Waals surface area contributed by atoms with Crippen molar-refractivity contribution in [2.75, 3.05) is 31.9 Å². The van der Waals surface area contributed by atoms with Gasteiger partial charge in [0, 0.05) is 30.5 Å². The summed E-state index contributed by atoms with van der Waals surface area (Å²) in [4.78, 5) is 15.2. The van der Waals surface area contributed by atoms with Gasteiger partial charge in [-0.1, -0.05) is 113 Å². The molecule has 3 fully saturated rings. The lowest BCUT2D eigenvalue weighted by molar-refractivity contribution is -0.130. The number of fused-ring (bicyclic) bond motifs is 5. The molecule has 272 valence electrons. The third-order valence-corrected chi connectivity index (χ3v) is 16.6. The summed E-state index contributed by atoms with van der Waals surface area (Å²) >= 11 is 0. The van der Waals surface area contributed by atoms with Crippen LogP contribution in [0.25, 0.3) is 0 Å². The van der Waals surface area contributed by atoms with Gasteiger partial charge in [0.05, 0.1) is 0 Å². The Labute approximate surface area is 299 Å². The van der Waals surface area contributed by atoms with Crippen LogP contribution in [0.4, 0.5) is 0 Å². The number of unbranched alkanes of at least 4 members (excludes halogenated alkanes) is 5. The van der Waals surface area contributed by atoms with E-state index in [-0.39, 0.29) is 0 Å². The molecule has 8 atom stereocenters. The summed E-state index contributed by atoms with van der Waals surface area (Å²) < 4.78 is 0. The minimum atomic E-state index is 0.329. The van der Waals surface area contributed by atoms with Crippen molar-refractivity contribution in [1.82, 2.24) is 4.90 Å². The first-order chi connectivity index (χ1) is 22.6. The van der Waals surface area contributed by atoms with Crippen LogP contribution in [0.2, 0.25) is 0 Å². The van der Waals surface area contributed by atoms with Crippen molar-refractivity contribution in [2.45, 2.75) is 162 Å². The molecule has 3 saturated carbocycles. The summed E-state index contributed by atoms with van der Waals surface area (Å²) in [5, 5.41) is 0.704. The van der Waals surface area contributed by atoms with Crippen LogP contribution in [-0.4, -0.2) is 48.0 Å². The van der Waals surface area contributed by atoms with Crippen molar-refractivity contribution in [3.63, 3.8) is 0 Å². The predicted molar refractivity (Wildman–Crippen MR) is 209 cm³/mol. The van der Waals surface area contributed by atoms with Crippen molar-refractivity contribution < 1.29 is 4.79 Å². The van der Waals surface area contributed by atoms with Crippen LogP contribution >= 0.6 is 21.6 Å². The fourth-order valence-electron chi connectivity index (χ4n) is 11.0. The molecule has 0 saturated heterocycles. The SMILES string of the molecule is CC(C)CCCC(C)[C@H]1CC[C@H]2[C@@H]3CC=C4C[C@@H](SSCCC(=O)N(CCCN)CCCCCCCCN)CC[C@]4(C)[C@H]3CC[C@]12C. The standard InChI is InChI=1S/C41H75N3OS2/c1-31(2)14-12-15-32(3)36-18-19-37-35-17-16-33-30-34(20-23-40(33,4)38(35)21-24-41(36,37)5)47-46-29-22-39(45)44(28-13-26-43)27-11-9-7-6-8-10-25-42/h16,31-32,34-38H,6-15,17-30,42-43H2,1-5H3/t32?,34-,35-,36+,37-,38-,40-,41+/m0/s1. The van der Waals surface area contributed by atoms with Gasteiger partial charge in [0.25, 0.3) is 0 Å². The van der Waals surface area contributed by atoms with E-state index in [1.807, 2.05) is 10.8 Å². The lowest BCUT2D eigenvalue weighted by atomic mass is 9.47. The lowest BCUT2D eigenvalue weighted by Crippen LogP contribution is -2.50. The molecule has 0 radical (unpaired) electrons. The Morgan fingerprint density at radius 2 is 1.60 bits per heavy atom. The summed E-state index contributed by atoms with van der Waals surface area (Å²) in [7, 11) is 4.04. The molecule has 4 rings (SSSR count). The molecule has 0 aromatic heterocycles. The van der Waals surface area contributed by atoms with E-state index >= 15 is 0 Å². The fraction of sp³-hybridized carbons (Fsp3) is 0.927. The quantitative estimate of drug-likeness (QED) is 0.0713. The van der Waals surface area contributed by atoms with Crippen LogP contribution in [0.15, 0.2) is 11.6 Å². The Kier molecular flexibility index (Phi) is 16.4. The third kappa shape index (κ3) is 10.4. The number of carbonyl (C=O) groups excluding carboxylic acids is 1. The molecule has 0 aromatic rings. The second-order valence-corrected chi connectivity index (χ2v) is 20.0. The van der Waals surface area contributed by atoms with E-state index in [0.29, 0.717) is 35.0 Å². The highest BCUT2D eigenvalue weighted by Gasteiger charge is 2.59. The summed E-state index contributed by atoms with van der Waals surface area (Å²) in [6, 6.07) is 0. The average molecular weight is 690 g/mol. The molecule has 4 aliphatic carbocycles. The number of nitrogens with two attached hydrogens (primary N) is 2. The minimum absolute atomic E-state index is 0.329. The topological polar surface area (TPSA) is 72.3 Å². The molecule has 0 aromatic carbocycles. The van der Waals surface area contributed by atoms with Gasteiger partial charge in [-0.3, -0.25) is 4.79 Å². The van der Waals surface area contributed by atoms with Crippen LogP contribution in [0.1, 0.15) is 157 Å². The van der Waals surface area contributed by atoms with Crippen molar-refractivity contribution >= 4 is 27.5 Å². The summed E-state index contributed by atoms with van der Waals surface area (Å²) in [5.74, 6) is 6.69. The van der Waals surface area contributed by atoms with E-state index in [2.05, 4.69) is 56.4 Å². The highest BCUT2D eigenvalue weighted by molar-refractivity contribution is 8.76. The Morgan fingerprint density at radius 3 is 2.34 bits per heavy atom. The number of nitrogens with zero attached hydrogens (tertiary/aromatic N) is 1. The van der Waals surface area contributed by atoms with Gasteiger partial charge in [-0.25, -0.2) is 0 Å². The van der Waals surface area contributed by atoms with Crippen molar-refractivity contribution in [1.29, 1.82) is 0 Å². The van der Waals surface area contributed by atoms with E-state index in [1.165, 1.54) is 96.3 Å². The van der Waals surface area contributed by atoms with Gasteiger partial charge in [0.15, 0.2) is 0 Å². The molecule has 0 spiro atoms. The molecule has 1 unspecified atom stereocenters. The average Bonchev–Trinajstić information content (AvgIpc) is 3.41. The van der Waals surface area contributed by atoms with Crippen molar-refractivity contribution in [3.8, 4) is 0 Å². The zero-order valence-corrected chi connectivity index (χ0v) is 33.0. The monoisotopic (exact) mass is 690 g/mol. The van der Waals surface area contributed by atoms with E-state index < -0.39 is 0 Å². The maximum Gasteiger partial charge on any atom is 0.223 e. The zero-order chi connectivity index (χ0) is 33.9. The van der Waals surface area contributed by atoms with Gasteiger partial charge in [-0.2, -0.15) is 0 Å². The minimum Gasteiger partial charge on any atom is -0.343 e. The van der Waals surface area contributed by atoms with Gasteiger partial charge in [-0.15, -0.1) is 0 Å². The first-order valence-corrected chi connectivity index (χ1v) is 22.7. The molecule has 0 bridgehead atoms. The third-order valence-electron chi connectivity index (χ3n) is 13.7. The van der Waals surface area contributed by atoms with Gasteiger partial charge in [-0.05, 0) is 130 Å². The Balaban J connectivity index is 1.22. The highest BCUT2D eigenvalue weighted by atomic mass is 33.1. The second-order valence-electron chi connectivity index (χ2n) is 17.3. The normalized spacial score (nSPS) is 32.4. The molecule has 4 N–H and O–H groups in total. The largest absolute Gasteiger partial charge is 0.343 e. The molecule has 1 amide bonds. The maximum absolute atomic E-state index is 13.1. The smallest absolute Gasteiger partial charge is 0.223 e. The van der Waals surface area contributed by atoms with E-state index in [0.717, 1.165) is 80.2 Å². The summed E-state index contributed by atoms with van der Waals surface area (Å²) in [5.41, 5.74) is 14.2. The molecule has 47 heavy (non-hydrogen) atoms. The van der Waals surface area contributed by atoms with Crippen LogP contribution < -0.4 is 11.5 Å². The molecule has 4 nitrogen and oxygen atoms in total. The predicted octanol–water partition coefficient (Wildman–Crippen LogP) is 10.6. The van der Waals surface area contributed by atoms with Crippen molar-refractivity contribution in [3.05, 3.63) is 11.6 Å². The van der Waals surface area contributed by atoms with Gasteiger partial charge >= 0.3 is 0 Å². The Bertz CT molecular complexity index is 972. The molecule has 6 heteroatoms. The molecular weight excluding hydrogens is 615 g/mol. The number of carbonyl (C=O) groups is 1. The number of allylic oxidation sites excluding steroid dienone is 2. The van der Waals surface area contributed by atoms with E-state index in [4.69, 9.17) is 11.5 Å². The van der Waals surface area contributed by atoms with E-state index in [1.54, 1.807) is 5.57 Å². The van der Waals surface area contributed by atoms with Gasteiger partial charge in [0.1, 0.15) is 0 Å². The number of hydrogen-bond acceptors (Lipinski definition) is 5. The molecule has 0 aliphatic heterocycles. The van der Waals surface area contributed by atoms with Gasteiger partial charge < -0.3 is 16.4 Å². The molecule has 4 aliphatic rings. The van der Waals surface area contributed by atoms with Crippen molar-refractivity contribution in [2.24, 2.45) is 57.8 Å². The van der Waals surface area contributed by atoms with E-state index in [9.17, 15) is 4.79 Å². The Hall–Kier alpha value is -0.170. The first kappa shape index (κ1) is 39.6. The lowest BCUT2D eigenvalue weighted by Gasteiger charge is -2.58. The fourth-order valence-corrected chi connectivity index (χ4v) is 13.6. The van der Waals surface area contributed by atoms with Crippen LogP contribution in [0.3, 0.4) is 0 Å². The molecular formula is C41H75N3OS2. The van der Waals surface area contributed by atoms with Crippen LogP contribution in [-0.2, 0) is 4.79 Å². The van der Waals surface area contributed by atoms with Crippen LogP contribution in [0, 0.1) is 46.3 Å². The zero-order valence-electron chi connectivity index (χ0n) is 31.4. The second kappa shape index (κ2) is 19.4. The van der Waals surface area contributed by atoms with Crippen LogP contribution in [0.5, 0.6) is 0 Å². The summed E-state index contributed by atoms with van der Waals surface area (Å²) in [6.07, 6.45) is 27.0. The summed E-state index contributed by atoms with van der Waals surface area (Å²) in [6.45, 7) is 15.9.